The summed E-state index contributed by atoms with van der Waals surface area (Å²) in [5.41, 5.74) is 4.48. The molecule has 0 saturated heterocycles. The van der Waals surface area contributed by atoms with Gasteiger partial charge in [-0.2, -0.15) is 0 Å². The van der Waals surface area contributed by atoms with E-state index in [1.165, 1.54) is 12.7 Å². The maximum absolute atomic E-state index is 12.5. The van der Waals surface area contributed by atoms with Crippen LogP contribution in [-0.4, -0.2) is 13.0 Å². The van der Waals surface area contributed by atoms with E-state index in [1.54, 1.807) is 18.2 Å². The number of aryl methyl sites for hydroxylation is 3. The number of methoxy groups -OCH3 is 1. The summed E-state index contributed by atoms with van der Waals surface area (Å²) in [6, 6.07) is 9.07. The predicted molar refractivity (Wildman–Crippen MR) is 86.6 cm³/mol. The van der Waals surface area contributed by atoms with Crippen LogP contribution in [0.1, 0.15) is 27.0 Å². The molecule has 0 aliphatic heterocycles. The van der Waals surface area contributed by atoms with Gasteiger partial charge >= 0.3 is 0 Å². The number of carbonyl (C=O) groups is 1. The third-order valence-electron chi connectivity index (χ3n) is 3.32. The fourth-order valence-corrected chi connectivity index (χ4v) is 2.59. The summed E-state index contributed by atoms with van der Waals surface area (Å²) in [4.78, 5) is 12.5. The van der Waals surface area contributed by atoms with Gasteiger partial charge in [-0.05, 0) is 50.1 Å². The van der Waals surface area contributed by atoms with Crippen molar-refractivity contribution < 1.29 is 9.53 Å². The zero-order valence-electron chi connectivity index (χ0n) is 12.6. The molecule has 2 aromatic rings. The van der Waals surface area contributed by atoms with Crippen LogP contribution >= 0.6 is 11.6 Å². The van der Waals surface area contributed by atoms with Crippen molar-refractivity contribution in [1.29, 1.82) is 0 Å². The molecular formula is C17H18ClNO2. The van der Waals surface area contributed by atoms with Crippen molar-refractivity contribution in [3.8, 4) is 5.75 Å². The van der Waals surface area contributed by atoms with E-state index in [-0.39, 0.29) is 5.91 Å². The van der Waals surface area contributed by atoms with Gasteiger partial charge in [-0.25, -0.2) is 0 Å². The van der Waals surface area contributed by atoms with Crippen LogP contribution in [-0.2, 0) is 0 Å². The number of anilines is 1. The zero-order valence-corrected chi connectivity index (χ0v) is 13.3. The highest BCUT2D eigenvalue weighted by Gasteiger charge is 2.15. The molecule has 4 heteroatoms. The molecule has 0 aliphatic rings. The molecule has 0 unspecified atom stereocenters. The van der Waals surface area contributed by atoms with Gasteiger partial charge < -0.3 is 10.1 Å². The van der Waals surface area contributed by atoms with Gasteiger partial charge in [0.15, 0.2) is 0 Å². The summed E-state index contributed by atoms with van der Waals surface area (Å²) in [5, 5.41) is 3.44. The number of ether oxygens (including phenoxy) is 1. The summed E-state index contributed by atoms with van der Waals surface area (Å²) in [5.74, 6) is 0.267. The van der Waals surface area contributed by atoms with Crippen LogP contribution in [0.25, 0.3) is 0 Å². The highest BCUT2D eigenvalue weighted by Crippen LogP contribution is 2.26. The lowest BCUT2D eigenvalue weighted by Gasteiger charge is -2.14. The summed E-state index contributed by atoms with van der Waals surface area (Å²) in [6.45, 7) is 5.99. The minimum Gasteiger partial charge on any atom is -0.496 e. The first-order chi connectivity index (χ1) is 9.92. The van der Waals surface area contributed by atoms with E-state index in [1.807, 2.05) is 32.9 Å². The Labute approximate surface area is 129 Å². The summed E-state index contributed by atoms with van der Waals surface area (Å²) >= 11 is 5.97. The molecule has 0 saturated carbocycles. The maximum atomic E-state index is 12.5. The smallest absolute Gasteiger partial charge is 0.259 e. The van der Waals surface area contributed by atoms with E-state index in [0.29, 0.717) is 16.3 Å². The molecule has 3 nitrogen and oxygen atoms in total. The summed E-state index contributed by atoms with van der Waals surface area (Å²) in [6.07, 6.45) is 0. The second kappa shape index (κ2) is 6.19. The molecule has 1 amide bonds. The van der Waals surface area contributed by atoms with Crippen molar-refractivity contribution in [3.05, 3.63) is 57.6 Å². The summed E-state index contributed by atoms with van der Waals surface area (Å²) < 4.78 is 5.22. The third kappa shape index (κ3) is 3.37. The van der Waals surface area contributed by atoms with Gasteiger partial charge in [-0.15, -0.1) is 0 Å². The van der Waals surface area contributed by atoms with Crippen LogP contribution in [0.5, 0.6) is 5.75 Å². The van der Waals surface area contributed by atoms with Gasteiger partial charge in [0.05, 0.1) is 12.7 Å². The number of benzene rings is 2. The van der Waals surface area contributed by atoms with Crippen molar-refractivity contribution >= 4 is 23.2 Å². The number of amides is 1. The molecule has 110 valence electrons. The SMILES string of the molecule is COc1ccc(Cl)cc1C(=O)Nc1c(C)cc(C)cc1C. The van der Waals surface area contributed by atoms with Gasteiger partial charge in [0, 0.05) is 10.7 Å². The molecular weight excluding hydrogens is 286 g/mol. The van der Waals surface area contributed by atoms with Crippen molar-refractivity contribution in [2.45, 2.75) is 20.8 Å². The average Bonchev–Trinajstić information content (AvgIpc) is 2.42. The minimum absolute atomic E-state index is 0.232. The van der Waals surface area contributed by atoms with Crippen molar-refractivity contribution in [1.82, 2.24) is 0 Å². The molecule has 2 rings (SSSR count). The van der Waals surface area contributed by atoms with Gasteiger partial charge in [-0.3, -0.25) is 4.79 Å². The topological polar surface area (TPSA) is 38.3 Å². The maximum Gasteiger partial charge on any atom is 0.259 e. The largest absolute Gasteiger partial charge is 0.496 e. The fraction of sp³-hybridized carbons (Fsp3) is 0.235. The number of nitrogens with one attached hydrogen (secondary N) is 1. The second-order valence-corrected chi connectivity index (χ2v) is 5.51. The lowest BCUT2D eigenvalue weighted by molar-refractivity contribution is 0.102. The Morgan fingerprint density at radius 2 is 1.71 bits per heavy atom. The predicted octanol–water partition coefficient (Wildman–Crippen LogP) is 4.53. The average molecular weight is 304 g/mol. The Bertz CT molecular complexity index is 672. The van der Waals surface area contributed by atoms with Crippen LogP contribution in [0.3, 0.4) is 0 Å². The van der Waals surface area contributed by atoms with E-state index >= 15 is 0 Å². The zero-order chi connectivity index (χ0) is 15.6. The van der Waals surface area contributed by atoms with Crippen molar-refractivity contribution in [3.63, 3.8) is 0 Å². The van der Waals surface area contributed by atoms with E-state index < -0.39 is 0 Å². The van der Waals surface area contributed by atoms with Crippen LogP contribution < -0.4 is 10.1 Å². The molecule has 21 heavy (non-hydrogen) atoms. The Morgan fingerprint density at radius 1 is 1.10 bits per heavy atom. The fourth-order valence-electron chi connectivity index (χ4n) is 2.42. The second-order valence-electron chi connectivity index (χ2n) is 5.07. The van der Waals surface area contributed by atoms with Crippen LogP contribution in [0.15, 0.2) is 30.3 Å². The van der Waals surface area contributed by atoms with Gasteiger partial charge in [0.25, 0.3) is 5.91 Å². The molecule has 0 spiro atoms. The van der Waals surface area contributed by atoms with Gasteiger partial charge in [-0.1, -0.05) is 29.3 Å². The Balaban J connectivity index is 2.37. The van der Waals surface area contributed by atoms with Gasteiger partial charge in [0.1, 0.15) is 5.75 Å². The first-order valence-electron chi connectivity index (χ1n) is 6.65. The van der Waals surface area contributed by atoms with Crippen LogP contribution in [0.2, 0.25) is 5.02 Å². The van der Waals surface area contributed by atoms with E-state index in [9.17, 15) is 4.79 Å². The Morgan fingerprint density at radius 3 is 2.29 bits per heavy atom. The lowest BCUT2D eigenvalue weighted by Crippen LogP contribution is -2.15. The normalized spacial score (nSPS) is 10.3. The first-order valence-corrected chi connectivity index (χ1v) is 7.03. The minimum atomic E-state index is -0.232. The van der Waals surface area contributed by atoms with E-state index in [0.717, 1.165) is 16.8 Å². The number of carbonyl (C=O) groups excluding carboxylic acids is 1. The number of halogens is 1. The van der Waals surface area contributed by atoms with Crippen molar-refractivity contribution in [2.24, 2.45) is 0 Å². The number of hydrogen-bond acceptors (Lipinski definition) is 2. The highest BCUT2D eigenvalue weighted by molar-refractivity contribution is 6.31. The first kappa shape index (κ1) is 15.4. The molecule has 0 heterocycles. The molecule has 0 aliphatic carbocycles. The lowest BCUT2D eigenvalue weighted by atomic mass is 10.0. The van der Waals surface area contributed by atoms with E-state index in [2.05, 4.69) is 5.32 Å². The van der Waals surface area contributed by atoms with E-state index in [4.69, 9.17) is 16.3 Å². The number of rotatable bonds is 3. The molecule has 2 aromatic carbocycles. The van der Waals surface area contributed by atoms with Crippen LogP contribution in [0.4, 0.5) is 5.69 Å². The van der Waals surface area contributed by atoms with Gasteiger partial charge in [0.2, 0.25) is 0 Å². The summed E-state index contributed by atoms with van der Waals surface area (Å²) in [7, 11) is 1.53. The van der Waals surface area contributed by atoms with Crippen LogP contribution in [0, 0.1) is 20.8 Å². The quantitative estimate of drug-likeness (QED) is 0.905. The third-order valence-corrected chi connectivity index (χ3v) is 3.56. The Hall–Kier alpha value is -2.00. The molecule has 0 aromatic heterocycles. The molecule has 1 N–H and O–H groups in total. The standard InChI is InChI=1S/C17H18ClNO2/c1-10-7-11(2)16(12(3)8-10)19-17(20)14-9-13(18)5-6-15(14)21-4/h5-9H,1-4H3,(H,19,20). The molecule has 0 fully saturated rings. The monoisotopic (exact) mass is 303 g/mol. The Kier molecular flexibility index (Phi) is 4.53. The number of hydrogen-bond donors (Lipinski definition) is 1. The highest BCUT2D eigenvalue weighted by atomic mass is 35.5. The molecule has 0 atom stereocenters. The molecule has 0 bridgehead atoms. The molecule has 0 radical (unpaired) electrons. The van der Waals surface area contributed by atoms with Crippen molar-refractivity contribution in [2.75, 3.05) is 12.4 Å².